The van der Waals surface area contributed by atoms with Crippen molar-refractivity contribution in [3.63, 3.8) is 0 Å². The summed E-state index contributed by atoms with van der Waals surface area (Å²) in [6, 6.07) is 12.8. The summed E-state index contributed by atoms with van der Waals surface area (Å²) in [5.41, 5.74) is 1.50. The van der Waals surface area contributed by atoms with Crippen molar-refractivity contribution in [3.05, 3.63) is 58.1 Å². The molecule has 2 aromatic carbocycles. The van der Waals surface area contributed by atoms with Crippen LogP contribution >= 0.6 is 15.9 Å². The fourth-order valence-electron chi connectivity index (χ4n) is 2.32. The second-order valence-electron chi connectivity index (χ2n) is 6.78. The highest BCUT2D eigenvalue weighted by Gasteiger charge is 2.14. The Kier molecular flexibility index (Phi) is 7.06. The van der Waals surface area contributed by atoms with Crippen LogP contribution in [0.1, 0.15) is 56.0 Å². The van der Waals surface area contributed by atoms with E-state index in [4.69, 9.17) is 9.47 Å². The molecule has 2 aromatic rings. The maximum absolute atomic E-state index is 12.4. The number of hydrogen-bond donors (Lipinski definition) is 0. The van der Waals surface area contributed by atoms with E-state index in [0.717, 1.165) is 22.2 Å². The van der Waals surface area contributed by atoms with Crippen molar-refractivity contribution in [2.45, 2.75) is 40.0 Å². The second-order valence-corrected chi connectivity index (χ2v) is 7.70. The van der Waals surface area contributed by atoms with E-state index in [-0.39, 0.29) is 11.9 Å². The van der Waals surface area contributed by atoms with Crippen LogP contribution < -0.4 is 9.47 Å². The summed E-state index contributed by atoms with van der Waals surface area (Å²) in [6.45, 7) is 9.15. The van der Waals surface area contributed by atoms with E-state index in [1.54, 1.807) is 12.1 Å². The zero-order valence-corrected chi connectivity index (χ0v) is 16.8. The SMILES string of the molecule is CC(C)CCOc1ccc(C(=O)Oc2ccc(Br)cc2C(C)C)cc1. The second kappa shape index (κ2) is 9.04. The van der Waals surface area contributed by atoms with E-state index in [0.29, 0.717) is 23.8 Å². The van der Waals surface area contributed by atoms with E-state index in [1.807, 2.05) is 30.3 Å². The summed E-state index contributed by atoms with van der Waals surface area (Å²) in [6.07, 6.45) is 1.01. The minimum Gasteiger partial charge on any atom is -0.494 e. The maximum atomic E-state index is 12.4. The van der Waals surface area contributed by atoms with Crippen molar-refractivity contribution < 1.29 is 14.3 Å². The molecule has 25 heavy (non-hydrogen) atoms. The largest absolute Gasteiger partial charge is 0.494 e. The van der Waals surface area contributed by atoms with Crippen LogP contribution in [0.5, 0.6) is 11.5 Å². The number of benzene rings is 2. The molecule has 0 spiro atoms. The Balaban J connectivity index is 2.04. The molecular formula is C21H25BrO3. The summed E-state index contributed by atoms with van der Waals surface area (Å²) in [5, 5.41) is 0. The van der Waals surface area contributed by atoms with Gasteiger partial charge in [0.25, 0.3) is 0 Å². The smallest absolute Gasteiger partial charge is 0.343 e. The third kappa shape index (κ3) is 5.89. The molecule has 0 aromatic heterocycles. The van der Waals surface area contributed by atoms with E-state index >= 15 is 0 Å². The molecule has 134 valence electrons. The maximum Gasteiger partial charge on any atom is 0.343 e. The van der Waals surface area contributed by atoms with Crippen LogP contribution in [0.2, 0.25) is 0 Å². The molecule has 0 aliphatic rings. The molecule has 0 unspecified atom stereocenters. The van der Waals surface area contributed by atoms with Crippen molar-refractivity contribution in [3.8, 4) is 11.5 Å². The molecule has 4 heteroatoms. The highest BCUT2D eigenvalue weighted by atomic mass is 79.9. The molecule has 0 aliphatic heterocycles. The lowest BCUT2D eigenvalue weighted by Crippen LogP contribution is -2.10. The molecule has 0 radical (unpaired) electrons. The molecule has 0 aliphatic carbocycles. The number of ether oxygens (including phenoxy) is 2. The molecule has 0 amide bonds. The van der Waals surface area contributed by atoms with Crippen LogP contribution in [-0.2, 0) is 0 Å². The highest BCUT2D eigenvalue weighted by molar-refractivity contribution is 9.10. The van der Waals surface area contributed by atoms with Crippen LogP contribution in [-0.4, -0.2) is 12.6 Å². The minimum atomic E-state index is -0.363. The van der Waals surface area contributed by atoms with Gasteiger partial charge in [0, 0.05) is 4.47 Å². The van der Waals surface area contributed by atoms with E-state index < -0.39 is 0 Å². The zero-order chi connectivity index (χ0) is 18.4. The standard InChI is InChI=1S/C21H25BrO3/c1-14(2)11-12-24-18-8-5-16(6-9-18)21(23)25-20-10-7-17(22)13-19(20)15(3)4/h5-10,13-15H,11-12H2,1-4H3. The number of carbonyl (C=O) groups is 1. The molecule has 0 saturated heterocycles. The first-order valence-electron chi connectivity index (χ1n) is 8.61. The lowest BCUT2D eigenvalue weighted by Gasteiger charge is -2.13. The molecule has 0 fully saturated rings. The lowest BCUT2D eigenvalue weighted by atomic mass is 10.0. The monoisotopic (exact) mass is 404 g/mol. The molecular weight excluding hydrogens is 380 g/mol. The van der Waals surface area contributed by atoms with Gasteiger partial charge < -0.3 is 9.47 Å². The summed E-state index contributed by atoms with van der Waals surface area (Å²) in [4.78, 5) is 12.4. The summed E-state index contributed by atoms with van der Waals surface area (Å²) >= 11 is 3.46. The normalized spacial score (nSPS) is 11.0. The summed E-state index contributed by atoms with van der Waals surface area (Å²) < 4.78 is 12.2. The number of carbonyl (C=O) groups excluding carboxylic acids is 1. The molecule has 2 rings (SSSR count). The number of esters is 1. The first kappa shape index (κ1) is 19.5. The van der Waals surface area contributed by atoms with Crippen LogP contribution in [0.25, 0.3) is 0 Å². The number of hydrogen-bond acceptors (Lipinski definition) is 3. The predicted octanol–water partition coefficient (Wildman–Crippen LogP) is 6.22. The van der Waals surface area contributed by atoms with Gasteiger partial charge in [-0.25, -0.2) is 4.79 Å². The Morgan fingerprint density at radius 3 is 2.32 bits per heavy atom. The van der Waals surface area contributed by atoms with E-state index in [9.17, 15) is 4.79 Å². The van der Waals surface area contributed by atoms with Gasteiger partial charge in [0.1, 0.15) is 11.5 Å². The average Bonchev–Trinajstić information content (AvgIpc) is 2.56. The molecule has 0 N–H and O–H groups in total. The van der Waals surface area contributed by atoms with Crippen LogP contribution in [0.4, 0.5) is 0 Å². The van der Waals surface area contributed by atoms with Gasteiger partial charge in [0.2, 0.25) is 0 Å². The fourth-order valence-corrected chi connectivity index (χ4v) is 2.70. The van der Waals surface area contributed by atoms with Gasteiger partial charge in [-0.15, -0.1) is 0 Å². The van der Waals surface area contributed by atoms with E-state index in [1.165, 1.54) is 0 Å². The molecule has 0 saturated carbocycles. The minimum absolute atomic E-state index is 0.261. The first-order chi connectivity index (χ1) is 11.9. The zero-order valence-electron chi connectivity index (χ0n) is 15.2. The van der Waals surface area contributed by atoms with Gasteiger partial charge in [0.05, 0.1) is 12.2 Å². The number of rotatable bonds is 7. The van der Waals surface area contributed by atoms with Crippen molar-refractivity contribution in [1.29, 1.82) is 0 Å². The highest BCUT2D eigenvalue weighted by Crippen LogP contribution is 2.30. The van der Waals surface area contributed by atoms with Crippen molar-refractivity contribution >= 4 is 21.9 Å². The Bertz CT molecular complexity index is 706. The van der Waals surface area contributed by atoms with Gasteiger partial charge in [-0.1, -0.05) is 43.6 Å². The van der Waals surface area contributed by atoms with Crippen molar-refractivity contribution in [2.24, 2.45) is 5.92 Å². The van der Waals surface area contributed by atoms with Gasteiger partial charge in [-0.2, -0.15) is 0 Å². The molecule has 0 heterocycles. The third-order valence-corrected chi connectivity index (χ3v) is 4.34. The Labute approximate surface area is 158 Å². The molecule has 0 atom stereocenters. The van der Waals surface area contributed by atoms with E-state index in [2.05, 4.69) is 43.6 Å². The molecule has 0 bridgehead atoms. The van der Waals surface area contributed by atoms with Gasteiger partial charge in [0.15, 0.2) is 0 Å². The van der Waals surface area contributed by atoms with Crippen LogP contribution in [0.15, 0.2) is 46.9 Å². The first-order valence-corrected chi connectivity index (χ1v) is 9.40. The predicted molar refractivity (Wildman–Crippen MR) is 105 cm³/mol. The topological polar surface area (TPSA) is 35.5 Å². The Morgan fingerprint density at radius 1 is 1.04 bits per heavy atom. The number of halogens is 1. The quantitative estimate of drug-likeness (QED) is 0.405. The third-order valence-electron chi connectivity index (χ3n) is 3.85. The average molecular weight is 405 g/mol. The van der Waals surface area contributed by atoms with Crippen LogP contribution in [0, 0.1) is 5.92 Å². The Hall–Kier alpha value is -1.81. The van der Waals surface area contributed by atoms with Gasteiger partial charge in [-0.3, -0.25) is 0 Å². The lowest BCUT2D eigenvalue weighted by molar-refractivity contribution is 0.0733. The van der Waals surface area contributed by atoms with Gasteiger partial charge in [-0.05, 0) is 66.3 Å². The van der Waals surface area contributed by atoms with Gasteiger partial charge >= 0.3 is 5.97 Å². The van der Waals surface area contributed by atoms with Crippen molar-refractivity contribution in [1.82, 2.24) is 0 Å². The van der Waals surface area contributed by atoms with Crippen LogP contribution in [0.3, 0.4) is 0 Å². The Morgan fingerprint density at radius 2 is 1.72 bits per heavy atom. The van der Waals surface area contributed by atoms with Crippen molar-refractivity contribution in [2.75, 3.05) is 6.61 Å². The molecule has 3 nitrogen and oxygen atoms in total. The fraction of sp³-hybridized carbons (Fsp3) is 0.381. The summed E-state index contributed by atoms with van der Waals surface area (Å²) in [5.74, 6) is 1.87. The summed E-state index contributed by atoms with van der Waals surface area (Å²) in [7, 11) is 0.